The Bertz CT molecular complexity index is 513. The first-order chi connectivity index (χ1) is 8.46. The number of rotatable bonds is 2. The molecule has 3 nitrogen and oxygen atoms in total. The van der Waals surface area contributed by atoms with E-state index < -0.39 is 0 Å². The second kappa shape index (κ2) is 4.45. The second-order valence-electron chi connectivity index (χ2n) is 5.38. The third-order valence-corrected chi connectivity index (χ3v) is 3.91. The normalized spacial score (nSPS) is 21.7. The third kappa shape index (κ3) is 1.99. The molecule has 0 aliphatic carbocycles. The predicted molar refractivity (Wildman–Crippen MR) is 71.6 cm³/mol. The largest absolute Gasteiger partial charge is 0.365 e. The molecule has 1 fully saturated rings. The molecule has 0 radical (unpaired) electrons. The molecule has 0 N–H and O–H groups in total. The molecule has 1 aliphatic rings. The molecule has 1 atom stereocenters. The van der Waals surface area contributed by atoms with Crippen molar-refractivity contribution in [2.75, 3.05) is 11.4 Å². The maximum Gasteiger partial charge on any atom is 0.159 e. The molecule has 0 saturated carbocycles. The van der Waals surface area contributed by atoms with E-state index in [2.05, 4.69) is 24.8 Å². The molecule has 0 aromatic heterocycles. The maximum atomic E-state index is 11.4. The Morgan fingerprint density at radius 1 is 1.50 bits per heavy atom. The van der Waals surface area contributed by atoms with Crippen LogP contribution in [0.4, 0.5) is 5.69 Å². The Morgan fingerprint density at radius 3 is 2.78 bits per heavy atom. The van der Waals surface area contributed by atoms with E-state index in [1.54, 1.807) is 6.92 Å². The Hall–Kier alpha value is -1.82. The summed E-state index contributed by atoms with van der Waals surface area (Å²) in [5, 5.41) is 9.18. The van der Waals surface area contributed by atoms with Gasteiger partial charge in [0, 0.05) is 17.8 Å². The van der Waals surface area contributed by atoms with Crippen molar-refractivity contribution in [3.05, 3.63) is 29.8 Å². The first-order valence-electron chi connectivity index (χ1n) is 6.25. The van der Waals surface area contributed by atoms with E-state index in [-0.39, 0.29) is 17.2 Å². The van der Waals surface area contributed by atoms with Gasteiger partial charge in [-0.25, -0.2) is 0 Å². The first-order valence-corrected chi connectivity index (χ1v) is 6.25. The van der Waals surface area contributed by atoms with Crippen molar-refractivity contribution in [3.8, 4) is 6.07 Å². The van der Waals surface area contributed by atoms with E-state index in [0.29, 0.717) is 0 Å². The van der Waals surface area contributed by atoms with Gasteiger partial charge in [-0.05, 0) is 39.3 Å². The molecule has 1 aliphatic heterocycles. The van der Waals surface area contributed by atoms with Crippen LogP contribution in [0.25, 0.3) is 0 Å². The maximum absolute atomic E-state index is 11.4. The Balaban J connectivity index is 2.36. The molecule has 18 heavy (non-hydrogen) atoms. The number of anilines is 1. The fourth-order valence-electron chi connectivity index (χ4n) is 2.66. The Morgan fingerprint density at radius 2 is 2.22 bits per heavy atom. The monoisotopic (exact) mass is 242 g/mol. The van der Waals surface area contributed by atoms with Gasteiger partial charge in [-0.1, -0.05) is 12.1 Å². The summed E-state index contributed by atoms with van der Waals surface area (Å²) in [7, 11) is 0. The summed E-state index contributed by atoms with van der Waals surface area (Å²) in [5.41, 5.74) is 1.58. The minimum absolute atomic E-state index is 0.0403. The summed E-state index contributed by atoms with van der Waals surface area (Å²) in [5.74, 6) is 0.115. The van der Waals surface area contributed by atoms with Crippen LogP contribution in [0.5, 0.6) is 0 Å². The van der Waals surface area contributed by atoms with Gasteiger partial charge in [0.25, 0.3) is 0 Å². The smallest absolute Gasteiger partial charge is 0.159 e. The topological polar surface area (TPSA) is 44.1 Å². The fourth-order valence-corrected chi connectivity index (χ4v) is 2.66. The van der Waals surface area contributed by atoms with Crippen molar-refractivity contribution in [1.82, 2.24) is 0 Å². The molecule has 94 valence electrons. The van der Waals surface area contributed by atoms with Gasteiger partial charge in [0.2, 0.25) is 0 Å². The minimum atomic E-state index is -0.176. The molecule has 1 heterocycles. The lowest BCUT2D eigenvalue weighted by atomic mass is 9.89. The quantitative estimate of drug-likeness (QED) is 0.749. The van der Waals surface area contributed by atoms with Gasteiger partial charge in [0.05, 0.1) is 17.5 Å². The van der Waals surface area contributed by atoms with Gasteiger partial charge in [0.1, 0.15) is 0 Å². The molecule has 1 aromatic carbocycles. The molecular formula is C15H18N2O. The summed E-state index contributed by atoms with van der Waals surface area (Å²) < 4.78 is 0. The van der Waals surface area contributed by atoms with Crippen LogP contribution >= 0.6 is 0 Å². The van der Waals surface area contributed by atoms with Crippen LogP contribution in [0.2, 0.25) is 0 Å². The van der Waals surface area contributed by atoms with Crippen LogP contribution in [-0.4, -0.2) is 17.9 Å². The number of nitrogens with zero attached hydrogens (tertiary/aromatic N) is 2. The highest BCUT2D eigenvalue weighted by atomic mass is 16.1. The van der Waals surface area contributed by atoms with Crippen molar-refractivity contribution in [1.29, 1.82) is 5.26 Å². The summed E-state index contributed by atoms with van der Waals surface area (Å²) in [4.78, 5) is 13.7. The average molecular weight is 242 g/mol. The average Bonchev–Trinajstić information content (AvgIpc) is 2.64. The van der Waals surface area contributed by atoms with Crippen LogP contribution in [0.15, 0.2) is 24.3 Å². The summed E-state index contributed by atoms with van der Waals surface area (Å²) >= 11 is 0. The number of hydrogen-bond donors (Lipinski definition) is 0. The van der Waals surface area contributed by atoms with E-state index in [1.165, 1.54) is 0 Å². The lowest BCUT2D eigenvalue weighted by Gasteiger charge is -2.35. The molecule has 1 aromatic rings. The number of hydrogen-bond acceptors (Lipinski definition) is 3. The lowest BCUT2D eigenvalue weighted by Crippen LogP contribution is -2.42. The second-order valence-corrected chi connectivity index (χ2v) is 5.38. The number of Topliss-reactive ketones (excluding diaryl/α,β-unsaturated/α-hetero) is 1. The zero-order valence-electron chi connectivity index (χ0n) is 11.1. The summed E-state index contributed by atoms with van der Waals surface area (Å²) in [6, 6.07) is 10.0. The van der Waals surface area contributed by atoms with Crippen molar-refractivity contribution in [2.24, 2.45) is 5.92 Å². The van der Waals surface area contributed by atoms with Crippen LogP contribution in [0.3, 0.4) is 0 Å². The van der Waals surface area contributed by atoms with Gasteiger partial charge in [-0.3, -0.25) is 4.79 Å². The Kier molecular flexibility index (Phi) is 3.13. The number of carbonyl (C=O) groups excluding carboxylic acids is 1. The van der Waals surface area contributed by atoms with Crippen LogP contribution < -0.4 is 4.90 Å². The van der Waals surface area contributed by atoms with E-state index in [9.17, 15) is 10.1 Å². The number of ketones is 1. The summed E-state index contributed by atoms with van der Waals surface area (Å²) in [6.07, 6.45) is 0.883. The Labute approximate surface area is 108 Å². The molecule has 1 unspecified atom stereocenters. The van der Waals surface area contributed by atoms with Gasteiger partial charge in [0.15, 0.2) is 5.78 Å². The SMILES string of the molecule is CC(=O)c1cccc(N2CCC(C#N)C2(C)C)c1. The van der Waals surface area contributed by atoms with Gasteiger partial charge < -0.3 is 4.90 Å². The van der Waals surface area contributed by atoms with Gasteiger partial charge >= 0.3 is 0 Å². The highest BCUT2D eigenvalue weighted by molar-refractivity contribution is 5.95. The first kappa shape index (κ1) is 12.6. The van der Waals surface area contributed by atoms with Crippen LogP contribution in [-0.2, 0) is 0 Å². The standard InChI is InChI=1S/C15H18N2O/c1-11(18)12-5-4-6-14(9-12)17-8-7-13(10-16)15(17,2)3/h4-6,9,13H,7-8H2,1-3H3. The number of nitriles is 1. The molecule has 0 amide bonds. The number of carbonyl (C=O) groups is 1. The van der Waals surface area contributed by atoms with Crippen molar-refractivity contribution < 1.29 is 4.79 Å². The highest BCUT2D eigenvalue weighted by Crippen LogP contribution is 2.37. The van der Waals surface area contributed by atoms with E-state index in [1.807, 2.05) is 24.3 Å². The molecule has 0 spiro atoms. The van der Waals surface area contributed by atoms with Crippen LogP contribution in [0, 0.1) is 17.2 Å². The van der Waals surface area contributed by atoms with Crippen LogP contribution in [0.1, 0.15) is 37.6 Å². The van der Waals surface area contributed by atoms with Crippen molar-refractivity contribution >= 4 is 11.5 Å². The summed E-state index contributed by atoms with van der Waals surface area (Å²) in [6.45, 7) is 6.63. The molecule has 2 rings (SSSR count). The molecule has 3 heteroatoms. The lowest BCUT2D eigenvalue weighted by molar-refractivity contribution is 0.101. The van der Waals surface area contributed by atoms with E-state index >= 15 is 0 Å². The molecule has 0 bridgehead atoms. The predicted octanol–water partition coefficient (Wildman–Crippen LogP) is 3.02. The van der Waals surface area contributed by atoms with E-state index in [0.717, 1.165) is 24.2 Å². The zero-order valence-corrected chi connectivity index (χ0v) is 11.1. The van der Waals surface area contributed by atoms with Crippen molar-refractivity contribution in [3.63, 3.8) is 0 Å². The minimum Gasteiger partial charge on any atom is -0.365 e. The zero-order chi connectivity index (χ0) is 13.3. The number of benzene rings is 1. The molecule has 1 saturated heterocycles. The fraction of sp³-hybridized carbons (Fsp3) is 0.467. The van der Waals surface area contributed by atoms with Gasteiger partial charge in [-0.2, -0.15) is 5.26 Å². The van der Waals surface area contributed by atoms with Gasteiger partial charge in [-0.15, -0.1) is 0 Å². The van der Waals surface area contributed by atoms with E-state index in [4.69, 9.17) is 0 Å². The van der Waals surface area contributed by atoms with Crippen molar-refractivity contribution in [2.45, 2.75) is 32.7 Å². The highest BCUT2D eigenvalue weighted by Gasteiger charge is 2.41. The molecular weight excluding hydrogens is 224 g/mol. The third-order valence-electron chi connectivity index (χ3n) is 3.91.